The van der Waals surface area contributed by atoms with Crippen LogP contribution in [0, 0.1) is 0 Å². The van der Waals surface area contributed by atoms with Crippen LogP contribution in [0.1, 0.15) is 15.9 Å². The number of carbonyl (C=O) groups is 2. The van der Waals surface area contributed by atoms with Crippen molar-refractivity contribution < 1.29 is 14.3 Å². The molecule has 0 aliphatic heterocycles. The van der Waals surface area contributed by atoms with Crippen LogP contribution in [-0.4, -0.2) is 23.2 Å². The summed E-state index contributed by atoms with van der Waals surface area (Å²) < 4.78 is 5.35. The summed E-state index contributed by atoms with van der Waals surface area (Å²) in [4.78, 5) is 30.6. The molecule has 0 bridgehead atoms. The summed E-state index contributed by atoms with van der Waals surface area (Å²) in [5, 5.41) is 0.415. The zero-order valence-corrected chi connectivity index (χ0v) is 15.6. The van der Waals surface area contributed by atoms with E-state index in [1.165, 1.54) is 4.90 Å². The van der Waals surface area contributed by atoms with Crippen molar-refractivity contribution in [3.05, 3.63) is 90.1 Å². The van der Waals surface area contributed by atoms with E-state index in [9.17, 15) is 9.59 Å². The Morgan fingerprint density at radius 3 is 2.41 bits per heavy atom. The minimum atomic E-state index is -0.526. The number of amides is 1. The molecule has 0 fully saturated rings. The predicted octanol–water partition coefficient (Wildman–Crippen LogP) is 4.79. The van der Waals surface area contributed by atoms with E-state index in [1.807, 2.05) is 36.4 Å². The minimum Gasteiger partial charge on any atom is -0.444 e. The van der Waals surface area contributed by atoms with E-state index < -0.39 is 6.09 Å². The third-order valence-electron chi connectivity index (χ3n) is 3.80. The van der Waals surface area contributed by atoms with Crippen LogP contribution < -0.4 is 4.90 Å². The summed E-state index contributed by atoms with van der Waals surface area (Å²) in [5.41, 5.74) is 1.81. The molecule has 6 heteroatoms. The molecule has 0 spiro atoms. The van der Waals surface area contributed by atoms with E-state index in [-0.39, 0.29) is 11.7 Å². The van der Waals surface area contributed by atoms with Gasteiger partial charge in [0.15, 0.2) is 0 Å². The fourth-order valence-corrected chi connectivity index (χ4v) is 3.14. The van der Waals surface area contributed by atoms with Gasteiger partial charge in [0.25, 0.3) is 0 Å². The molecule has 3 rings (SSSR count). The van der Waals surface area contributed by atoms with Gasteiger partial charge in [-0.2, -0.15) is 0 Å². The number of para-hydroxylation sites is 1. The van der Waals surface area contributed by atoms with Gasteiger partial charge in [-0.3, -0.25) is 9.69 Å². The lowest BCUT2D eigenvalue weighted by atomic mass is 10.2. The van der Waals surface area contributed by atoms with Crippen LogP contribution in [0.5, 0.6) is 0 Å². The van der Waals surface area contributed by atoms with Gasteiger partial charge in [0.05, 0.1) is 11.3 Å². The Kier molecular flexibility index (Phi) is 6.22. The highest BCUT2D eigenvalue weighted by atomic mass is 32.2. The first-order valence-corrected chi connectivity index (χ1v) is 9.13. The number of thioether (sulfide) groups is 1. The number of benzene rings is 2. The lowest BCUT2D eigenvalue weighted by Crippen LogP contribution is -2.28. The van der Waals surface area contributed by atoms with Crippen molar-refractivity contribution in [2.24, 2.45) is 0 Å². The number of hydrogen-bond donors (Lipinski definition) is 0. The molecular weight excluding hydrogens is 360 g/mol. The highest BCUT2D eigenvalue weighted by Crippen LogP contribution is 2.27. The molecule has 0 saturated heterocycles. The highest BCUT2D eigenvalue weighted by molar-refractivity contribution is 8.14. The number of rotatable bonds is 5. The van der Waals surface area contributed by atoms with Crippen molar-refractivity contribution in [2.75, 3.05) is 11.9 Å². The summed E-state index contributed by atoms with van der Waals surface area (Å²) in [6.45, 7) is 0.169. The summed E-state index contributed by atoms with van der Waals surface area (Å²) in [6.07, 6.45) is 1.11. The summed E-state index contributed by atoms with van der Waals surface area (Å²) in [7, 11) is 1.59. The average molecular weight is 378 g/mol. The number of nitrogens with zero attached hydrogens (tertiary/aromatic N) is 2. The quantitative estimate of drug-likeness (QED) is 0.598. The fourth-order valence-electron chi connectivity index (χ4n) is 2.41. The molecule has 1 heterocycles. The van der Waals surface area contributed by atoms with Crippen LogP contribution in [0.3, 0.4) is 0 Å². The van der Waals surface area contributed by atoms with Gasteiger partial charge in [0.1, 0.15) is 11.6 Å². The van der Waals surface area contributed by atoms with Gasteiger partial charge in [0, 0.05) is 13.2 Å². The van der Waals surface area contributed by atoms with Gasteiger partial charge < -0.3 is 4.74 Å². The zero-order valence-electron chi connectivity index (χ0n) is 14.7. The third kappa shape index (κ3) is 4.95. The Balaban J connectivity index is 1.72. The van der Waals surface area contributed by atoms with Gasteiger partial charge in [0.2, 0.25) is 5.12 Å². The topological polar surface area (TPSA) is 59.5 Å². The van der Waals surface area contributed by atoms with Crippen LogP contribution in [0.15, 0.2) is 84.0 Å². The Morgan fingerprint density at radius 1 is 0.963 bits per heavy atom. The SMILES string of the molecule is CN(C(=O)OCc1ccccc1)c1ccccc1C(=O)Sc1ccccn1. The second-order valence-electron chi connectivity index (χ2n) is 5.67. The van der Waals surface area contributed by atoms with Crippen LogP contribution in [0.2, 0.25) is 0 Å². The second-order valence-corrected chi connectivity index (χ2v) is 6.67. The molecule has 0 unspecified atom stereocenters. The predicted molar refractivity (Wildman–Crippen MR) is 106 cm³/mol. The molecule has 1 aromatic heterocycles. The molecular formula is C21H18N2O3S. The van der Waals surface area contributed by atoms with Crippen molar-refractivity contribution in [3.8, 4) is 0 Å². The number of pyridine rings is 1. The minimum absolute atomic E-state index is 0.169. The van der Waals surface area contributed by atoms with Crippen LogP contribution >= 0.6 is 11.8 Å². The number of ether oxygens (including phenoxy) is 1. The molecule has 0 radical (unpaired) electrons. The molecule has 5 nitrogen and oxygen atoms in total. The normalized spacial score (nSPS) is 10.3. The number of aromatic nitrogens is 1. The molecule has 0 aliphatic carbocycles. The largest absolute Gasteiger partial charge is 0.444 e. The van der Waals surface area contributed by atoms with Crippen molar-refractivity contribution in [2.45, 2.75) is 11.6 Å². The molecule has 1 amide bonds. The second kappa shape index (κ2) is 9.00. The zero-order chi connectivity index (χ0) is 19.1. The Hall–Kier alpha value is -3.12. The monoisotopic (exact) mass is 378 g/mol. The molecule has 0 atom stereocenters. The summed E-state index contributed by atoms with van der Waals surface area (Å²) in [5.74, 6) is 0. The van der Waals surface area contributed by atoms with Gasteiger partial charge in [-0.1, -0.05) is 48.5 Å². The summed E-state index contributed by atoms with van der Waals surface area (Å²) in [6, 6.07) is 21.8. The van der Waals surface area contributed by atoms with Crippen LogP contribution in [0.4, 0.5) is 10.5 Å². The van der Waals surface area contributed by atoms with Crippen molar-refractivity contribution in [1.29, 1.82) is 0 Å². The van der Waals surface area contributed by atoms with E-state index >= 15 is 0 Å². The maximum atomic E-state index is 12.7. The highest BCUT2D eigenvalue weighted by Gasteiger charge is 2.20. The molecule has 3 aromatic rings. The Morgan fingerprint density at radius 2 is 1.67 bits per heavy atom. The molecule has 0 N–H and O–H groups in total. The van der Waals surface area contributed by atoms with Crippen molar-refractivity contribution >= 4 is 28.7 Å². The first kappa shape index (κ1) is 18.7. The van der Waals surface area contributed by atoms with E-state index in [0.717, 1.165) is 17.3 Å². The summed E-state index contributed by atoms with van der Waals surface area (Å²) >= 11 is 1.02. The van der Waals surface area contributed by atoms with Crippen LogP contribution in [-0.2, 0) is 11.3 Å². The maximum absolute atomic E-state index is 12.7. The first-order chi connectivity index (χ1) is 13.1. The fraction of sp³-hybridized carbons (Fsp3) is 0.0952. The van der Waals surface area contributed by atoms with Gasteiger partial charge in [-0.05, 0) is 41.6 Å². The Labute approximate surface area is 162 Å². The molecule has 0 aliphatic rings. The maximum Gasteiger partial charge on any atom is 0.414 e. The average Bonchev–Trinajstić information content (AvgIpc) is 2.73. The van der Waals surface area contributed by atoms with Crippen LogP contribution in [0.25, 0.3) is 0 Å². The lowest BCUT2D eigenvalue weighted by molar-refractivity contribution is 0.108. The van der Waals surface area contributed by atoms with Crippen molar-refractivity contribution in [3.63, 3.8) is 0 Å². The van der Waals surface area contributed by atoms with E-state index in [1.54, 1.807) is 49.6 Å². The van der Waals surface area contributed by atoms with E-state index in [2.05, 4.69) is 4.98 Å². The molecule has 0 saturated carbocycles. The number of carbonyl (C=O) groups excluding carboxylic acids is 2. The van der Waals surface area contributed by atoms with E-state index in [0.29, 0.717) is 16.3 Å². The van der Waals surface area contributed by atoms with Gasteiger partial charge >= 0.3 is 6.09 Å². The van der Waals surface area contributed by atoms with Gasteiger partial charge in [-0.25, -0.2) is 9.78 Å². The standard InChI is InChI=1S/C21H18N2O3S/c1-23(21(25)26-15-16-9-3-2-4-10-16)18-12-6-5-11-17(18)20(24)27-19-13-7-8-14-22-19/h2-14H,15H2,1H3. The first-order valence-electron chi connectivity index (χ1n) is 8.32. The number of anilines is 1. The molecule has 2 aromatic carbocycles. The smallest absolute Gasteiger partial charge is 0.414 e. The molecule has 27 heavy (non-hydrogen) atoms. The molecule has 136 valence electrons. The van der Waals surface area contributed by atoms with E-state index in [4.69, 9.17) is 4.74 Å². The third-order valence-corrected chi connectivity index (χ3v) is 4.66. The number of hydrogen-bond acceptors (Lipinski definition) is 5. The lowest BCUT2D eigenvalue weighted by Gasteiger charge is -2.19. The van der Waals surface area contributed by atoms with Crippen molar-refractivity contribution in [1.82, 2.24) is 4.98 Å². The Bertz CT molecular complexity index is 917. The van der Waals surface area contributed by atoms with Gasteiger partial charge in [-0.15, -0.1) is 0 Å².